The van der Waals surface area contributed by atoms with E-state index in [1.54, 1.807) is 11.3 Å². The van der Waals surface area contributed by atoms with E-state index in [-0.39, 0.29) is 5.91 Å². The van der Waals surface area contributed by atoms with Crippen LogP contribution in [0.3, 0.4) is 0 Å². The largest absolute Gasteiger partial charge is 0.455 e. The Bertz CT molecular complexity index is 903. The van der Waals surface area contributed by atoms with E-state index >= 15 is 0 Å². The third kappa shape index (κ3) is 2.76. The molecule has 0 radical (unpaired) electrons. The molecule has 0 bridgehead atoms. The Hall–Kier alpha value is -2.40. The molecule has 5 heteroatoms. The summed E-state index contributed by atoms with van der Waals surface area (Å²) < 4.78 is 5.76. The zero-order chi connectivity index (χ0) is 16.5. The topological polar surface area (TPSA) is 54.6 Å². The van der Waals surface area contributed by atoms with Crippen LogP contribution < -0.4 is 5.43 Å². The summed E-state index contributed by atoms with van der Waals surface area (Å²) in [6.45, 7) is 1.83. The molecule has 0 aliphatic heterocycles. The molecule has 1 aromatic carbocycles. The van der Waals surface area contributed by atoms with Gasteiger partial charge in [-0.25, -0.2) is 5.43 Å². The van der Waals surface area contributed by atoms with Crippen molar-refractivity contribution in [3.8, 4) is 0 Å². The first-order valence-corrected chi connectivity index (χ1v) is 9.03. The van der Waals surface area contributed by atoms with Crippen LogP contribution in [0.1, 0.15) is 46.3 Å². The number of para-hydroxylation sites is 1. The number of nitrogens with zero attached hydrogens (tertiary/aromatic N) is 1. The molecule has 2 aromatic heterocycles. The summed E-state index contributed by atoms with van der Waals surface area (Å²) >= 11 is 1.69. The van der Waals surface area contributed by atoms with Crippen molar-refractivity contribution in [3.63, 3.8) is 0 Å². The second kappa shape index (κ2) is 6.24. The molecule has 0 spiro atoms. The van der Waals surface area contributed by atoms with Gasteiger partial charge in [0, 0.05) is 15.6 Å². The number of carbonyl (C=O) groups is 1. The highest BCUT2D eigenvalue weighted by Crippen LogP contribution is 2.30. The first-order valence-electron chi connectivity index (χ1n) is 8.15. The lowest BCUT2D eigenvalue weighted by Crippen LogP contribution is -2.20. The van der Waals surface area contributed by atoms with Crippen LogP contribution in [0.2, 0.25) is 0 Å². The number of hydrogen-bond acceptors (Lipinski definition) is 4. The molecule has 122 valence electrons. The maximum atomic E-state index is 12.4. The van der Waals surface area contributed by atoms with E-state index in [0.29, 0.717) is 11.5 Å². The number of fused-ring (bicyclic) bond motifs is 2. The van der Waals surface area contributed by atoms with Gasteiger partial charge in [0.05, 0.1) is 5.56 Å². The zero-order valence-corrected chi connectivity index (χ0v) is 14.3. The van der Waals surface area contributed by atoms with Crippen molar-refractivity contribution in [1.29, 1.82) is 0 Å². The van der Waals surface area contributed by atoms with Gasteiger partial charge in [-0.3, -0.25) is 4.79 Å². The normalized spacial score (nSPS) is 14.6. The first-order chi connectivity index (χ1) is 11.7. The molecule has 3 aromatic rings. The molecule has 4 rings (SSSR count). The SMILES string of the molecule is C/C(=N\NC(=O)c1csc2c1CCCC2)c1cc2ccccc2o1. The maximum absolute atomic E-state index is 12.4. The van der Waals surface area contributed by atoms with Gasteiger partial charge in [0.1, 0.15) is 11.3 Å². The Balaban J connectivity index is 1.53. The molecule has 0 saturated carbocycles. The highest BCUT2D eigenvalue weighted by Gasteiger charge is 2.20. The number of thiophene rings is 1. The average molecular weight is 338 g/mol. The molecule has 1 amide bonds. The highest BCUT2D eigenvalue weighted by atomic mass is 32.1. The Kier molecular flexibility index (Phi) is 3.94. The number of carbonyl (C=O) groups excluding carboxylic acids is 1. The van der Waals surface area contributed by atoms with Crippen LogP contribution in [0.15, 0.2) is 45.2 Å². The van der Waals surface area contributed by atoms with Gasteiger partial charge in [-0.15, -0.1) is 11.3 Å². The molecule has 0 atom stereocenters. The summed E-state index contributed by atoms with van der Waals surface area (Å²) in [7, 11) is 0. The van der Waals surface area contributed by atoms with Crippen molar-refractivity contribution in [3.05, 3.63) is 57.5 Å². The molecule has 1 N–H and O–H groups in total. The smallest absolute Gasteiger partial charge is 0.272 e. The number of rotatable bonds is 3. The van der Waals surface area contributed by atoms with Crippen LogP contribution in [0.4, 0.5) is 0 Å². The Morgan fingerprint density at radius 1 is 1.25 bits per heavy atom. The third-order valence-electron chi connectivity index (χ3n) is 4.41. The van der Waals surface area contributed by atoms with E-state index in [9.17, 15) is 4.79 Å². The number of amides is 1. The maximum Gasteiger partial charge on any atom is 0.272 e. The van der Waals surface area contributed by atoms with Crippen LogP contribution in [-0.4, -0.2) is 11.6 Å². The van der Waals surface area contributed by atoms with Crippen LogP contribution in [-0.2, 0) is 12.8 Å². The second-order valence-corrected chi connectivity index (χ2v) is 7.01. The van der Waals surface area contributed by atoms with Gasteiger partial charge in [0.15, 0.2) is 5.76 Å². The van der Waals surface area contributed by atoms with Crippen LogP contribution >= 0.6 is 11.3 Å². The molecule has 4 nitrogen and oxygen atoms in total. The fourth-order valence-electron chi connectivity index (χ4n) is 3.09. The van der Waals surface area contributed by atoms with Crippen LogP contribution in [0, 0.1) is 0 Å². The summed E-state index contributed by atoms with van der Waals surface area (Å²) in [5, 5.41) is 7.21. The quantitative estimate of drug-likeness (QED) is 0.563. The number of nitrogens with one attached hydrogen (secondary N) is 1. The van der Waals surface area contributed by atoms with E-state index in [0.717, 1.165) is 35.8 Å². The van der Waals surface area contributed by atoms with Crippen molar-refractivity contribution < 1.29 is 9.21 Å². The fourth-order valence-corrected chi connectivity index (χ4v) is 4.22. The zero-order valence-electron chi connectivity index (χ0n) is 13.5. The fraction of sp³-hybridized carbons (Fsp3) is 0.263. The van der Waals surface area contributed by atoms with Crippen LogP contribution in [0.5, 0.6) is 0 Å². The van der Waals surface area contributed by atoms with E-state index < -0.39 is 0 Å². The summed E-state index contributed by atoms with van der Waals surface area (Å²) in [5.74, 6) is 0.536. The van der Waals surface area contributed by atoms with Crippen molar-refractivity contribution in [2.24, 2.45) is 5.10 Å². The highest BCUT2D eigenvalue weighted by molar-refractivity contribution is 7.10. The lowest BCUT2D eigenvalue weighted by atomic mass is 9.96. The predicted molar refractivity (Wildman–Crippen MR) is 96.9 cm³/mol. The summed E-state index contributed by atoms with van der Waals surface area (Å²) in [5.41, 5.74) is 6.13. The van der Waals surface area contributed by atoms with Gasteiger partial charge in [-0.2, -0.15) is 5.10 Å². The van der Waals surface area contributed by atoms with Crippen molar-refractivity contribution in [1.82, 2.24) is 5.43 Å². The minimum atomic E-state index is -0.134. The average Bonchev–Trinajstić information content (AvgIpc) is 3.23. The van der Waals surface area contributed by atoms with Gasteiger partial charge in [0.25, 0.3) is 5.91 Å². The Labute approximate surface area is 144 Å². The molecular weight excluding hydrogens is 320 g/mol. The number of hydrogen-bond donors (Lipinski definition) is 1. The number of aryl methyl sites for hydroxylation is 1. The monoisotopic (exact) mass is 338 g/mol. The molecule has 24 heavy (non-hydrogen) atoms. The minimum Gasteiger partial charge on any atom is -0.455 e. The first kappa shape index (κ1) is 15.1. The van der Waals surface area contributed by atoms with Crippen molar-refractivity contribution >= 4 is 33.9 Å². The predicted octanol–water partition coefficient (Wildman–Crippen LogP) is 4.53. The summed E-state index contributed by atoms with van der Waals surface area (Å²) in [6, 6.07) is 9.75. The molecule has 1 aliphatic carbocycles. The molecule has 2 heterocycles. The summed E-state index contributed by atoms with van der Waals surface area (Å²) in [4.78, 5) is 13.8. The second-order valence-electron chi connectivity index (χ2n) is 6.04. The van der Waals surface area contributed by atoms with E-state index in [1.165, 1.54) is 16.9 Å². The standard InChI is InChI=1S/C19H18N2O2S/c1-12(17-10-13-6-2-4-8-16(13)23-17)20-21-19(22)15-11-24-18-9-5-3-7-14(15)18/h2,4,6,8,10-11H,3,5,7,9H2,1H3,(H,21,22)/b20-12+. The molecule has 0 saturated heterocycles. The molecule has 0 unspecified atom stereocenters. The van der Waals surface area contributed by atoms with Crippen molar-refractivity contribution in [2.75, 3.05) is 0 Å². The molecule has 1 aliphatic rings. The van der Waals surface area contributed by atoms with E-state index in [1.807, 2.05) is 42.6 Å². The summed E-state index contributed by atoms with van der Waals surface area (Å²) in [6.07, 6.45) is 4.46. The minimum absolute atomic E-state index is 0.134. The van der Waals surface area contributed by atoms with Crippen molar-refractivity contribution in [2.45, 2.75) is 32.6 Å². The lowest BCUT2D eigenvalue weighted by molar-refractivity contribution is 0.0954. The van der Waals surface area contributed by atoms with Gasteiger partial charge in [0.2, 0.25) is 0 Å². The van der Waals surface area contributed by atoms with Gasteiger partial charge in [-0.05, 0) is 50.3 Å². The van der Waals surface area contributed by atoms with Gasteiger partial charge >= 0.3 is 0 Å². The Morgan fingerprint density at radius 2 is 2.08 bits per heavy atom. The van der Waals surface area contributed by atoms with E-state index in [4.69, 9.17) is 4.42 Å². The molecular formula is C19H18N2O2S. The number of hydrazone groups is 1. The van der Waals surface area contributed by atoms with Crippen LogP contribution in [0.25, 0.3) is 11.0 Å². The number of benzene rings is 1. The Morgan fingerprint density at radius 3 is 2.96 bits per heavy atom. The lowest BCUT2D eigenvalue weighted by Gasteiger charge is -2.11. The van der Waals surface area contributed by atoms with E-state index in [2.05, 4.69) is 10.5 Å². The van der Waals surface area contributed by atoms with Gasteiger partial charge < -0.3 is 4.42 Å². The number of furan rings is 1. The third-order valence-corrected chi connectivity index (χ3v) is 5.50. The molecule has 0 fully saturated rings. The van der Waals surface area contributed by atoms with Gasteiger partial charge in [-0.1, -0.05) is 18.2 Å².